The number of hydrogen-bond acceptors (Lipinski definition) is 3. The van der Waals surface area contributed by atoms with Gasteiger partial charge in [-0.15, -0.1) is 0 Å². The smallest absolute Gasteiger partial charge is 0.249 e. The van der Waals surface area contributed by atoms with Crippen LogP contribution in [0.1, 0.15) is 18.4 Å². The molecule has 18 heavy (non-hydrogen) atoms. The third kappa shape index (κ3) is 3.19. The molecule has 0 bridgehead atoms. The maximum atomic E-state index is 12.8. The van der Waals surface area contributed by atoms with Crippen molar-refractivity contribution in [1.82, 2.24) is 5.32 Å². The maximum Gasteiger partial charge on any atom is 0.249 e. The summed E-state index contributed by atoms with van der Waals surface area (Å²) < 4.78 is 17.8. The first-order valence-corrected chi connectivity index (χ1v) is 5.99. The van der Waals surface area contributed by atoms with Gasteiger partial charge in [-0.3, -0.25) is 4.79 Å². The Hall–Kier alpha value is -1.17. The van der Waals surface area contributed by atoms with Gasteiger partial charge < -0.3 is 15.2 Å². The van der Waals surface area contributed by atoms with Gasteiger partial charge in [-0.2, -0.15) is 0 Å². The van der Waals surface area contributed by atoms with Crippen LogP contribution < -0.4 is 5.32 Å². The highest BCUT2D eigenvalue weighted by atomic mass is 35.5. The average Bonchev–Trinajstić information content (AvgIpc) is 2.74. The zero-order chi connectivity index (χ0) is 13.1. The van der Waals surface area contributed by atoms with Crippen LogP contribution in [0.2, 0.25) is 5.02 Å². The number of ether oxygens (including phenoxy) is 1. The molecule has 0 saturated carbocycles. The van der Waals surface area contributed by atoms with Crippen LogP contribution >= 0.6 is 11.6 Å². The molecule has 1 heterocycles. The zero-order valence-electron chi connectivity index (χ0n) is 9.53. The summed E-state index contributed by atoms with van der Waals surface area (Å²) in [4.78, 5) is 11.7. The molecule has 2 unspecified atom stereocenters. The van der Waals surface area contributed by atoms with Gasteiger partial charge in [0.15, 0.2) is 6.29 Å². The van der Waals surface area contributed by atoms with Gasteiger partial charge in [0.2, 0.25) is 5.91 Å². The highest BCUT2D eigenvalue weighted by Gasteiger charge is 2.29. The molecule has 0 spiro atoms. The lowest BCUT2D eigenvalue weighted by atomic mass is 10.2. The molecule has 1 aromatic rings. The largest absolute Gasteiger partial charge is 0.368 e. The number of benzene rings is 1. The van der Waals surface area contributed by atoms with Gasteiger partial charge in [0, 0.05) is 18.0 Å². The van der Waals surface area contributed by atoms with Crippen molar-refractivity contribution in [2.45, 2.75) is 31.8 Å². The van der Waals surface area contributed by atoms with E-state index in [4.69, 9.17) is 21.4 Å². The van der Waals surface area contributed by atoms with E-state index in [1.807, 2.05) is 0 Å². The summed E-state index contributed by atoms with van der Waals surface area (Å²) in [5, 5.41) is 12.0. The van der Waals surface area contributed by atoms with Crippen LogP contribution in [-0.4, -0.2) is 23.4 Å². The number of amides is 1. The summed E-state index contributed by atoms with van der Waals surface area (Å²) in [6.45, 7) is 0.202. The van der Waals surface area contributed by atoms with Crippen molar-refractivity contribution in [1.29, 1.82) is 0 Å². The van der Waals surface area contributed by atoms with Crippen LogP contribution in [0.25, 0.3) is 0 Å². The van der Waals surface area contributed by atoms with Gasteiger partial charge in [-0.25, -0.2) is 4.39 Å². The molecule has 0 aromatic heterocycles. The Morgan fingerprint density at radius 2 is 2.33 bits per heavy atom. The Kier molecular flexibility index (Phi) is 4.16. The van der Waals surface area contributed by atoms with Crippen molar-refractivity contribution in [3.05, 3.63) is 34.6 Å². The molecular formula is C12H13ClFNO3. The van der Waals surface area contributed by atoms with Crippen molar-refractivity contribution in [2.24, 2.45) is 0 Å². The monoisotopic (exact) mass is 273 g/mol. The van der Waals surface area contributed by atoms with E-state index in [0.29, 0.717) is 18.4 Å². The molecule has 98 valence electrons. The molecule has 0 aliphatic carbocycles. The van der Waals surface area contributed by atoms with Crippen molar-refractivity contribution < 1.29 is 19.0 Å². The third-order valence-electron chi connectivity index (χ3n) is 2.76. The van der Waals surface area contributed by atoms with Crippen LogP contribution in [0.4, 0.5) is 4.39 Å². The molecule has 2 atom stereocenters. The van der Waals surface area contributed by atoms with Crippen molar-refractivity contribution in [2.75, 3.05) is 0 Å². The molecule has 2 rings (SSSR count). The molecule has 2 N–H and O–H groups in total. The summed E-state index contributed by atoms with van der Waals surface area (Å²) in [5.41, 5.74) is 0.630. The number of halogens is 2. The van der Waals surface area contributed by atoms with Crippen LogP contribution in [0.3, 0.4) is 0 Å². The standard InChI is InChI=1S/C12H13ClFNO3/c13-9-5-8(14)2-1-7(9)6-15-12(17)10-3-4-11(16)18-10/h1-2,5,10-11,16H,3-4,6H2,(H,15,17). The first-order valence-electron chi connectivity index (χ1n) is 5.61. The molecule has 0 radical (unpaired) electrons. The fourth-order valence-corrected chi connectivity index (χ4v) is 2.01. The van der Waals surface area contributed by atoms with E-state index in [1.54, 1.807) is 0 Å². The second kappa shape index (κ2) is 5.65. The van der Waals surface area contributed by atoms with E-state index in [1.165, 1.54) is 18.2 Å². The molecule has 1 amide bonds. The number of carbonyl (C=O) groups is 1. The quantitative estimate of drug-likeness (QED) is 0.879. The van der Waals surface area contributed by atoms with Crippen molar-refractivity contribution in [3.63, 3.8) is 0 Å². The lowest BCUT2D eigenvalue weighted by Crippen LogP contribution is -2.34. The summed E-state index contributed by atoms with van der Waals surface area (Å²) in [6, 6.07) is 3.99. The summed E-state index contributed by atoms with van der Waals surface area (Å²) >= 11 is 5.83. The molecule has 4 nitrogen and oxygen atoms in total. The Morgan fingerprint density at radius 3 is 2.94 bits per heavy atom. The van der Waals surface area contributed by atoms with E-state index < -0.39 is 18.2 Å². The molecule has 1 saturated heterocycles. The molecule has 1 aliphatic rings. The fraction of sp³-hybridized carbons (Fsp3) is 0.417. The normalized spacial score (nSPS) is 23.1. The molecule has 1 aromatic carbocycles. The summed E-state index contributed by atoms with van der Waals surface area (Å²) in [5.74, 6) is -0.718. The lowest BCUT2D eigenvalue weighted by molar-refractivity contribution is -0.143. The van der Waals surface area contributed by atoms with Crippen LogP contribution in [0, 0.1) is 5.82 Å². The Bertz CT molecular complexity index is 455. The number of aliphatic hydroxyl groups is 1. The highest BCUT2D eigenvalue weighted by Crippen LogP contribution is 2.19. The van der Waals surface area contributed by atoms with Gasteiger partial charge >= 0.3 is 0 Å². The summed E-state index contributed by atoms with van der Waals surface area (Å²) in [7, 11) is 0. The topological polar surface area (TPSA) is 58.6 Å². The summed E-state index contributed by atoms with van der Waals surface area (Å²) in [6.07, 6.45) is -0.547. The van der Waals surface area contributed by atoms with E-state index >= 15 is 0 Å². The minimum Gasteiger partial charge on any atom is -0.368 e. The number of hydrogen-bond donors (Lipinski definition) is 2. The number of rotatable bonds is 3. The lowest BCUT2D eigenvalue weighted by Gasteiger charge is -2.12. The minimum absolute atomic E-state index is 0.202. The van der Waals surface area contributed by atoms with Gasteiger partial charge in [0.1, 0.15) is 11.9 Å². The van der Waals surface area contributed by atoms with Crippen molar-refractivity contribution >= 4 is 17.5 Å². The zero-order valence-corrected chi connectivity index (χ0v) is 10.3. The molecule has 6 heteroatoms. The number of carbonyl (C=O) groups excluding carboxylic acids is 1. The number of nitrogens with one attached hydrogen (secondary N) is 1. The first kappa shape index (κ1) is 13.3. The molecule has 1 fully saturated rings. The molecular weight excluding hydrogens is 261 g/mol. The van der Waals surface area contributed by atoms with Gasteiger partial charge in [-0.1, -0.05) is 17.7 Å². The fourth-order valence-electron chi connectivity index (χ4n) is 1.77. The average molecular weight is 274 g/mol. The van der Waals surface area contributed by atoms with E-state index in [2.05, 4.69) is 5.32 Å². The minimum atomic E-state index is -0.866. The SMILES string of the molecule is O=C(NCc1ccc(F)cc1Cl)C1CCC(O)O1. The predicted octanol–water partition coefficient (Wildman–Crippen LogP) is 1.59. The Labute approximate surface area is 109 Å². The predicted molar refractivity (Wildman–Crippen MR) is 63.4 cm³/mol. The molecule has 1 aliphatic heterocycles. The van der Waals surface area contributed by atoms with Gasteiger partial charge in [0.25, 0.3) is 0 Å². The van der Waals surface area contributed by atoms with E-state index in [9.17, 15) is 9.18 Å². The van der Waals surface area contributed by atoms with E-state index in [0.717, 1.165) is 0 Å². The van der Waals surface area contributed by atoms with Crippen LogP contribution in [0.15, 0.2) is 18.2 Å². The number of aliphatic hydroxyl groups excluding tert-OH is 1. The Balaban J connectivity index is 1.89. The Morgan fingerprint density at radius 1 is 1.56 bits per heavy atom. The van der Waals surface area contributed by atoms with Gasteiger partial charge in [0.05, 0.1) is 0 Å². The third-order valence-corrected chi connectivity index (χ3v) is 3.11. The van der Waals surface area contributed by atoms with Crippen LogP contribution in [-0.2, 0) is 16.1 Å². The van der Waals surface area contributed by atoms with Crippen LogP contribution in [0.5, 0.6) is 0 Å². The second-order valence-corrected chi connectivity index (χ2v) is 4.52. The van der Waals surface area contributed by atoms with Crippen molar-refractivity contribution in [3.8, 4) is 0 Å². The maximum absolute atomic E-state index is 12.8. The van der Waals surface area contributed by atoms with Gasteiger partial charge in [-0.05, 0) is 24.1 Å². The second-order valence-electron chi connectivity index (χ2n) is 4.11. The van der Waals surface area contributed by atoms with E-state index in [-0.39, 0.29) is 17.5 Å². The highest BCUT2D eigenvalue weighted by molar-refractivity contribution is 6.31. The first-order chi connectivity index (χ1) is 8.56.